The summed E-state index contributed by atoms with van der Waals surface area (Å²) >= 11 is 12.0. The molecule has 0 aliphatic carbocycles. The number of halogens is 2. The Labute approximate surface area is 158 Å². The Morgan fingerprint density at radius 2 is 2.12 bits per heavy atom. The number of benzene rings is 1. The molecular weight excluding hydrogens is 357 g/mol. The normalized spacial score (nSPS) is 17.4. The van der Waals surface area contributed by atoms with Gasteiger partial charge in [0.1, 0.15) is 0 Å². The zero-order chi connectivity index (χ0) is 17.8. The minimum atomic E-state index is -0.233. The lowest BCUT2D eigenvalue weighted by molar-refractivity contribution is 0.102. The van der Waals surface area contributed by atoms with Gasteiger partial charge in [0.25, 0.3) is 5.91 Å². The number of piperidine rings is 1. The van der Waals surface area contributed by atoms with Crippen molar-refractivity contribution >= 4 is 40.5 Å². The highest BCUT2D eigenvalue weighted by Gasteiger charge is 2.22. The zero-order valence-corrected chi connectivity index (χ0v) is 15.6. The highest BCUT2D eigenvalue weighted by Crippen LogP contribution is 2.28. The fourth-order valence-electron chi connectivity index (χ4n) is 3.26. The maximum atomic E-state index is 12.6. The molecular formula is C19H21Cl2N3O. The molecule has 2 heterocycles. The van der Waals surface area contributed by atoms with Crippen LogP contribution in [0.3, 0.4) is 0 Å². The molecule has 1 aromatic heterocycles. The summed E-state index contributed by atoms with van der Waals surface area (Å²) in [7, 11) is 0. The van der Waals surface area contributed by atoms with E-state index in [-0.39, 0.29) is 5.91 Å². The van der Waals surface area contributed by atoms with Crippen molar-refractivity contribution in [3.05, 3.63) is 52.3 Å². The molecule has 0 bridgehead atoms. The van der Waals surface area contributed by atoms with Crippen LogP contribution in [0.2, 0.25) is 10.0 Å². The third-order valence-corrected chi connectivity index (χ3v) is 5.14. The number of carbonyl (C=O) groups is 1. The third-order valence-electron chi connectivity index (χ3n) is 4.60. The first kappa shape index (κ1) is 18.0. The summed E-state index contributed by atoms with van der Waals surface area (Å²) in [4.78, 5) is 19.2. The third kappa shape index (κ3) is 4.25. The van der Waals surface area contributed by atoms with E-state index in [1.165, 1.54) is 19.3 Å². The Balaban J connectivity index is 1.79. The van der Waals surface area contributed by atoms with E-state index in [0.29, 0.717) is 27.3 Å². The number of nitrogens with zero attached hydrogens (tertiary/aromatic N) is 2. The molecule has 1 unspecified atom stereocenters. The van der Waals surface area contributed by atoms with Gasteiger partial charge in [0.2, 0.25) is 0 Å². The summed E-state index contributed by atoms with van der Waals surface area (Å²) < 4.78 is 0. The van der Waals surface area contributed by atoms with Gasteiger partial charge in [-0.25, -0.2) is 0 Å². The van der Waals surface area contributed by atoms with Crippen LogP contribution < -0.4 is 10.2 Å². The number of pyridine rings is 1. The lowest BCUT2D eigenvalue weighted by atomic mass is 9.99. The van der Waals surface area contributed by atoms with Gasteiger partial charge in [-0.2, -0.15) is 0 Å². The van der Waals surface area contributed by atoms with Crippen LogP contribution in [0.5, 0.6) is 0 Å². The highest BCUT2D eigenvalue weighted by molar-refractivity contribution is 6.36. The Morgan fingerprint density at radius 1 is 1.28 bits per heavy atom. The zero-order valence-electron chi connectivity index (χ0n) is 14.1. The Bertz CT molecular complexity index is 766. The summed E-state index contributed by atoms with van der Waals surface area (Å²) in [5.41, 5.74) is 2.05. The molecule has 1 atom stereocenters. The predicted molar refractivity (Wildman–Crippen MR) is 104 cm³/mol. The van der Waals surface area contributed by atoms with E-state index in [4.69, 9.17) is 23.2 Å². The topological polar surface area (TPSA) is 45.2 Å². The molecule has 1 saturated heterocycles. The highest BCUT2D eigenvalue weighted by atomic mass is 35.5. The molecule has 2 aromatic rings. The number of nitrogens with one attached hydrogen (secondary N) is 1. The molecule has 1 aliphatic heterocycles. The Morgan fingerprint density at radius 3 is 2.88 bits per heavy atom. The molecule has 6 heteroatoms. The second-order valence-corrected chi connectivity index (χ2v) is 7.10. The molecule has 132 valence electrons. The quantitative estimate of drug-likeness (QED) is 0.774. The first-order chi connectivity index (χ1) is 12.1. The van der Waals surface area contributed by atoms with Gasteiger partial charge in [-0.3, -0.25) is 9.78 Å². The summed E-state index contributed by atoms with van der Waals surface area (Å²) in [6, 6.07) is 7.40. The minimum absolute atomic E-state index is 0.233. The van der Waals surface area contributed by atoms with Crippen LogP contribution in [-0.4, -0.2) is 23.5 Å². The molecule has 3 rings (SSSR count). The van der Waals surface area contributed by atoms with Crippen LogP contribution in [0, 0.1) is 0 Å². The number of anilines is 2. The fraction of sp³-hybridized carbons (Fsp3) is 0.368. The SMILES string of the molecule is CCC1CCCCN1c1cncc(C(=O)Nc2ccc(Cl)cc2Cl)c1. The van der Waals surface area contributed by atoms with Crippen LogP contribution in [0.4, 0.5) is 11.4 Å². The van der Waals surface area contributed by atoms with E-state index in [9.17, 15) is 4.79 Å². The first-order valence-electron chi connectivity index (χ1n) is 8.56. The number of hydrogen-bond acceptors (Lipinski definition) is 3. The smallest absolute Gasteiger partial charge is 0.257 e. The van der Waals surface area contributed by atoms with E-state index < -0.39 is 0 Å². The molecule has 0 spiro atoms. The van der Waals surface area contributed by atoms with E-state index >= 15 is 0 Å². The van der Waals surface area contributed by atoms with Gasteiger partial charge in [0.15, 0.2) is 0 Å². The van der Waals surface area contributed by atoms with Crippen LogP contribution >= 0.6 is 23.2 Å². The number of aromatic nitrogens is 1. The van der Waals surface area contributed by atoms with E-state index in [2.05, 4.69) is 22.1 Å². The lowest BCUT2D eigenvalue weighted by Gasteiger charge is -2.37. The summed E-state index contributed by atoms with van der Waals surface area (Å²) in [6.45, 7) is 3.21. The Kier molecular flexibility index (Phi) is 5.82. The first-order valence-corrected chi connectivity index (χ1v) is 9.32. The Hall–Kier alpha value is -1.78. The van der Waals surface area contributed by atoms with Gasteiger partial charge in [-0.1, -0.05) is 30.1 Å². The number of hydrogen-bond donors (Lipinski definition) is 1. The molecule has 1 aromatic carbocycles. The van der Waals surface area contributed by atoms with Gasteiger partial charge >= 0.3 is 0 Å². The van der Waals surface area contributed by atoms with Crippen molar-refractivity contribution < 1.29 is 4.79 Å². The summed E-state index contributed by atoms with van der Waals surface area (Å²) in [5.74, 6) is -0.233. The van der Waals surface area contributed by atoms with E-state index in [0.717, 1.165) is 18.7 Å². The van der Waals surface area contributed by atoms with Crippen LogP contribution in [-0.2, 0) is 0 Å². The van der Waals surface area contributed by atoms with Gasteiger partial charge in [0.05, 0.1) is 28.2 Å². The largest absolute Gasteiger partial charge is 0.367 e. The maximum Gasteiger partial charge on any atom is 0.257 e. The maximum absolute atomic E-state index is 12.6. The van der Waals surface area contributed by atoms with Crippen LogP contribution in [0.1, 0.15) is 43.0 Å². The van der Waals surface area contributed by atoms with Crippen molar-refractivity contribution in [1.29, 1.82) is 0 Å². The van der Waals surface area contributed by atoms with E-state index in [1.807, 2.05) is 12.3 Å². The molecule has 1 amide bonds. The lowest BCUT2D eigenvalue weighted by Crippen LogP contribution is -2.39. The molecule has 1 N–H and O–H groups in total. The number of carbonyl (C=O) groups excluding carboxylic acids is 1. The van der Waals surface area contributed by atoms with Crippen molar-refractivity contribution in [2.75, 3.05) is 16.8 Å². The number of rotatable bonds is 4. The second-order valence-electron chi connectivity index (χ2n) is 6.26. The van der Waals surface area contributed by atoms with Crippen molar-refractivity contribution in [2.24, 2.45) is 0 Å². The standard InChI is InChI=1S/C19H21Cl2N3O/c1-2-15-5-3-4-8-24(15)16-9-13(11-22-12-16)19(25)23-18-7-6-14(20)10-17(18)21/h6-7,9-12,15H,2-5,8H2,1H3,(H,23,25). The average molecular weight is 378 g/mol. The predicted octanol–water partition coefficient (Wildman–Crippen LogP) is 5.41. The van der Waals surface area contributed by atoms with E-state index in [1.54, 1.807) is 24.4 Å². The summed E-state index contributed by atoms with van der Waals surface area (Å²) in [6.07, 6.45) is 8.13. The molecule has 1 fully saturated rings. The van der Waals surface area contributed by atoms with Gasteiger partial charge < -0.3 is 10.2 Å². The molecule has 0 radical (unpaired) electrons. The van der Waals surface area contributed by atoms with Gasteiger partial charge in [-0.15, -0.1) is 0 Å². The molecule has 1 aliphatic rings. The fourth-order valence-corrected chi connectivity index (χ4v) is 3.72. The van der Waals surface area contributed by atoms with Crippen molar-refractivity contribution in [3.63, 3.8) is 0 Å². The van der Waals surface area contributed by atoms with Crippen molar-refractivity contribution in [3.8, 4) is 0 Å². The van der Waals surface area contributed by atoms with Crippen molar-refractivity contribution in [2.45, 2.75) is 38.6 Å². The summed E-state index contributed by atoms with van der Waals surface area (Å²) in [5, 5.41) is 3.76. The molecule has 4 nitrogen and oxygen atoms in total. The van der Waals surface area contributed by atoms with Crippen LogP contribution in [0.15, 0.2) is 36.7 Å². The van der Waals surface area contributed by atoms with Crippen molar-refractivity contribution in [1.82, 2.24) is 4.98 Å². The number of amides is 1. The average Bonchev–Trinajstić information content (AvgIpc) is 2.64. The monoisotopic (exact) mass is 377 g/mol. The minimum Gasteiger partial charge on any atom is -0.367 e. The van der Waals surface area contributed by atoms with Gasteiger partial charge in [-0.05, 0) is 49.9 Å². The second kappa shape index (κ2) is 8.07. The van der Waals surface area contributed by atoms with Crippen LogP contribution in [0.25, 0.3) is 0 Å². The van der Waals surface area contributed by atoms with Gasteiger partial charge in [0, 0.05) is 23.8 Å². The molecule has 25 heavy (non-hydrogen) atoms. The molecule has 0 saturated carbocycles.